The van der Waals surface area contributed by atoms with Crippen LogP contribution in [0.5, 0.6) is 0 Å². The molecule has 2 aromatic rings. The number of fused-ring (bicyclic) bond motifs is 4. The molecule has 2 atom stereocenters. The fourth-order valence-corrected chi connectivity index (χ4v) is 4.33. The van der Waals surface area contributed by atoms with E-state index in [1.165, 1.54) is 6.07 Å². The Hall–Kier alpha value is -2.20. The van der Waals surface area contributed by atoms with Crippen molar-refractivity contribution in [3.63, 3.8) is 0 Å². The van der Waals surface area contributed by atoms with Gasteiger partial charge in [-0.2, -0.15) is 0 Å². The van der Waals surface area contributed by atoms with Gasteiger partial charge in [-0.3, -0.25) is 4.79 Å². The average molecular weight is 308 g/mol. The van der Waals surface area contributed by atoms with Crippen molar-refractivity contribution in [3.8, 4) is 11.1 Å². The van der Waals surface area contributed by atoms with Crippen LogP contribution in [0.2, 0.25) is 0 Å². The van der Waals surface area contributed by atoms with E-state index in [0.29, 0.717) is 17.4 Å². The van der Waals surface area contributed by atoms with Crippen LogP contribution in [-0.4, -0.2) is 32.0 Å². The van der Waals surface area contributed by atoms with E-state index in [4.69, 9.17) is 0 Å². The van der Waals surface area contributed by atoms with Crippen LogP contribution in [0.4, 0.5) is 10.1 Å². The number of halogens is 1. The molecular formula is C19H17FN2O. The second kappa shape index (κ2) is 4.65. The SMILES string of the molecule is O=C1c2cc(N3C[C@H]4CNC[C@H]4C3)ccc2-c2cccc(F)c21. The van der Waals surface area contributed by atoms with E-state index in [2.05, 4.69) is 16.3 Å². The highest BCUT2D eigenvalue weighted by molar-refractivity contribution is 6.22. The Morgan fingerprint density at radius 3 is 2.57 bits per heavy atom. The summed E-state index contributed by atoms with van der Waals surface area (Å²) in [6.45, 7) is 4.24. The third-order valence-corrected chi connectivity index (χ3v) is 5.53. The molecular weight excluding hydrogens is 291 g/mol. The molecule has 116 valence electrons. The Morgan fingerprint density at radius 1 is 1.00 bits per heavy atom. The largest absolute Gasteiger partial charge is 0.371 e. The minimum atomic E-state index is -0.424. The number of rotatable bonds is 1. The maximum Gasteiger partial charge on any atom is 0.197 e. The molecule has 1 aliphatic carbocycles. The van der Waals surface area contributed by atoms with E-state index >= 15 is 0 Å². The fraction of sp³-hybridized carbons (Fsp3) is 0.316. The van der Waals surface area contributed by atoms with Gasteiger partial charge in [0.25, 0.3) is 0 Å². The van der Waals surface area contributed by atoms with Crippen molar-refractivity contribution in [2.75, 3.05) is 31.1 Å². The number of benzene rings is 2. The maximum atomic E-state index is 14.0. The molecule has 2 heterocycles. The monoisotopic (exact) mass is 308 g/mol. The van der Waals surface area contributed by atoms with E-state index in [-0.39, 0.29) is 11.3 Å². The average Bonchev–Trinajstić information content (AvgIpc) is 3.21. The fourth-order valence-electron chi connectivity index (χ4n) is 4.33. The molecule has 2 aliphatic heterocycles. The first-order valence-corrected chi connectivity index (χ1v) is 8.15. The predicted molar refractivity (Wildman–Crippen MR) is 87.3 cm³/mol. The van der Waals surface area contributed by atoms with Crippen LogP contribution in [0.1, 0.15) is 15.9 Å². The first-order chi connectivity index (χ1) is 11.2. The molecule has 3 nitrogen and oxygen atoms in total. The van der Waals surface area contributed by atoms with Crippen molar-refractivity contribution in [2.45, 2.75) is 0 Å². The first kappa shape index (κ1) is 13.3. The van der Waals surface area contributed by atoms with Gasteiger partial charge in [-0.25, -0.2) is 4.39 Å². The lowest BCUT2D eigenvalue weighted by atomic mass is 10.0. The van der Waals surface area contributed by atoms with E-state index in [0.717, 1.165) is 43.0 Å². The summed E-state index contributed by atoms with van der Waals surface area (Å²) >= 11 is 0. The smallest absolute Gasteiger partial charge is 0.197 e. The Balaban J connectivity index is 1.54. The number of hydrogen-bond donors (Lipinski definition) is 1. The summed E-state index contributed by atoms with van der Waals surface area (Å²) in [6, 6.07) is 10.8. The van der Waals surface area contributed by atoms with Crippen LogP contribution in [0.25, 0.3) is 11.1 Å². The van der Waals surface area contributed by atoms with Crippen molar-refractivity contribution in [2.24, 2.45) is 11.8 Å². The molecule has 0 bridgehead atoms. The summed E-state index contributed by atoms with van der Waals surface area (Å²) in [5.41, 5.74) is 3.52. The van der Waals surface area contributed by atoms with Crippen molar-refractivity contribution in [1.82, 2.24) is 5.32 Å². The van der Waals surface area contributed by atoms with Crippen LogP contribution < -0.4 is 10.2 Å². The number of anilines is 1. The summed E-state index contributed by atoms with van der Waals surface area (Å²) < 4.78 is 14.0. The minimum absolute atomic E-state index is 0.184. The molecule has 23 heavy (non-hydrogen) atoms. The lowest BCUT2D eigenvalue weighted by Crippen LogP contribution is -2.25. The molecule has 2 aromatic carbocycles. The van der Waals surface area contributed by atoms with Gasteiger partial charge in [0, 0.05) is 37.4 Å². The highest BCUT2D eigenvalue weighted by Gasteiger charge is 2.37. The van der Waals surface area contributed by atoms with Crippen LogP contribution in [0.15, 0.2) is 36.4 Å². The Morgan fingerprint density at radius 2 is 1.78 bits per heavy atom. The number of hydrogen-bond acceptors (Lipinski definition) is 3. The van der Waals surface area contributed by atoms with Gasteiger partial charge in [0.2, 0.25) is 0 Å². The van der Waals surface area contributed by atoms with Crippen LogP contribution in [0.3, 0.4) is 0 Å². The second-order valence-corrected chi connectivity index (χ2v) is 6.80. The molecule has 1 N–H and O–H groups in total. The van der Waals surface area contributed by atoms with Gasteiger partial charge in [-0.15, -0.1) is 0 Å². The number of nitrogens with one attached hydrogen (secondary N) is 1. The standard InChI is InChI=1S/C19H17FN2O/c20-17-3-1-2-15-14-5-4-13(6-16(14)19(23)18(15)17)22-9-11-7-21-8-12(11)10-22/h1-6,11-12,21H,7-10H2/t11-,12+. The third kappa shape index (κ3) is 1.81. The number of nitrogens with zero attached hydrogens (tertiary/aromatic N) is 1. The zero-order valence-electron chi connectivity index (χ0n) is 12.7. The first-order valence-electron chi connectivity index (χ1n) is 8.15. The van der Waals surface area contributed by atoms with E-state index < -0.39 is 5.82 Å². The quantitative estimate of drug-likeness (QED) is 0.750. The van der Waals surface area contributed by atoms with Gasteiger partial charge in [0.15, 0.2) is 5.78 Å². The summed E-state index contributed by atoms with van der Waals surface area (Å²) in [5.74, 6) is 0.797. The van der Waals surface area contributed by atoms with Crippen molar-refractivity contribution in [3.05, 3.63) is 53.3 Å². The molecule has 4 heteroatoms. The Bertz CT molecular complexity index is 820. The van der Waals surface area contributed by atoms with E-state index in [9.17, 15) is 9.18 Å². The summed E-state index contributed by atoms with van der Waals surface area (Å²) in [6.07, 6.45) is 0. The predicted octanol–water partition coefficient (Wildman–Crippen LogP) is 2.69. The Kier molecular flexibility index (Phi) is 2.68. The van der Waals surface area contributed by atoms with Gasteiger partial charge in [0.05, 0.1) is 5.56 Å². The summed E-state index contributed by atoms with van der Waals surface area (Å²) in [4.78, 5) is 15.0. The van der Waals surface area contributed by atoms with Gasteiger partial charge in [0.1, 0.15) is 5.82 Å². The molecule has 0 amide bonds. The molecule has 0 radical (unpaired) electrons. The molecule has 0 aromatic heterocycles. The van der Waals surface area contributed by atoms with Gasteiger partial charge in [-0.05, 0) is 41.2 Å². The second-order valence-electron chi connectivity index (χ2n) is 6.80. The zero-order chi connectivity index (χ0) is 15.6. The topological polar surface area (TPSA) is 32.3 Å². The third-order valence-electron chi connectivity index (χ3n) is 5.53. The summed E-state index contributed by atoms with van der Waals surface area (Å²) in [7, 11) is 0. The lowest BCUT2D eigenvalue weighted by molar-refractivity contribution is 0.104. The zero-order valence-corrected chi connectivity index (χ0v) is 12.7. The number of carbonyl (C=O) groups is 1. The van der Waals surface area contributed by atoms with Gasteiger partial charge in [-0.1, -0.05) is 18.2 Å². The Labute approximate surface area is 134 Å². The van der Waals surface area contributed by atoms with Gasteiger partial charge < -0.3 is 10.2 Å². The molecule has 0 unspecified atom stereocenters. The highest BCUT2D eigenvalue weighted by atomic mass is 19.1. The van der Waals surface area contributed by atoms with E-state index in [1.807, 2.05) is 18.2 Å². The number of ketones is 1. The molecule has 3 aliphatic rings. The van der Waals surface area contributed by atoms with E-state index in [1.54, 1.807) is 6.07 Å². The van der Waals surface area contributed by atoms with Crippen molar-refractivity contribution in [1.29, 1.82) is 0 Å². The van der Waals surface area contributed by atoms with Crippen molar-refractivity contribution < 1.29 is 9.18 Å². The highest BCUT2D eigenvalue weighted by Crippen LogP contribution is 2.40. The molecule has 5 rings (SSSR count). The molecule has 0 spiro atoms. The summed E-state index contributed by atoms with van der Waals surface area (Å²) in [5, 5.41) is 3.44. The minimum Gasteiger partial charge on any atom is -0.371 e. The van der Waals surface area contributed by atoms with Crippen LogP contribution in [0, 0.1) is 17.7 Å². The maximum absolute atomic E-state index is 14.0. The van der Waals surface area contributed by atoms with Crippen LogP contribution in [-0.2, 0) is 0 Å². The molecule has 2 fully saturated rings. The molecule has 2 saturated heterocycles. The van der Waals surface area contributed by atoms with Gasteiger partial charge >= 0.3 is 0 Å². The van der Waals surface area contributed by atoms with Crippen molar-refractivity contribution >= 4 is 11.5 Å². The molecule has 0 saturated carbocycles. The number of carbonyl (C=O) groups excluding carboxylic acids is 1. The van der Waals surface area contributed by atoms with Crippen LogP contribution >= 0.6 is 0 Å². The lowest BCUT2D eigenvalue weighted by Gasteiger charge is -2.20. The normalized spacial score (nSPS) is 24.7.